The largest absolute Gasteiger partial charge is 0.480 e. The van der Waals surface area contributed by atoms with Crippen molar-refractivity contribution in [2.45, 2.75) is 37.6 Å². The van der Waals surface area contributed by atoms with E-state index in [4.69, 9.17) is 10.4 Å². The lowest BCUT2D eigenvalue weighted by molar-refractivity contribution is -0.139. The highest BCUT2D eigenvalue weighted by Gasteiger charge is 2.25. The van der Waals surface area contributed by atoms with Gasteiger partial charge >= 0.3 is 5.97 Å². The molecule has 0 heterocycles. The van der Waals surface area contributed by atoms with Crippen LogP contribution in [0.2, 0.25) is 0 Å². The van der Waals surface area contributed by atoms with Crippen LogP contribution < -0.4 is 4.72 Å². The van der Waals surface area contributed by atoms with Gasteiger partial charge in [0.15, 0.2) is 0 Å². The van der Waals surface area contributed by atoms with Gasteiger partial charge in [-0.1, -0.05) is 13.3 Å². The van der Waals surface area contributed by atoms with Crippen LogP contribution in [0.25, 0.3) is 0 Å². The lowest BCUT2D eigenvalue weighted by Gasteiger charge is -2.15. The van der Waals surface area contributed by atoms with E-state index in [1.165, 1.54) is 18.2 Å². The third-order valence-electron chi connectivity index (χ3n) is 2.77. The van der Waals surface area contributed by atoms with Crippen LogP contribution in [-0.2, 0) is 14.8 Å². The van der Waals surface area contributed by atoms with E-state index in [0.717, 1.165) is 0 Å². The van der Waals surface area contributed by atoms with Crippen LogP contribution in [0.5, 0.6) is 0 Å². The van der Waals surface area contributed by atoms with E-state index in [1.54, 1.807) is 13.8 Å². The number of carboxylic acids is 1. The van der Waals surface area contributed by atoms with Crippen LogP contribution in [0.3, 0.4) is 0 Å². The summed E-state index contributed by atoms with van der Waals surface area (Å²) in [6.07, 6.45) is 0.760. The highest BCUT2D eigenvalue weighted by Crippen LogP contribution is 2.17. The van der Waals surface area contributed by atoms with Crippen LogP contribution in [0.1, 0.15) is 30.9 Å². The van der Waals surface area contributed by atoms with Crippen molar-refractivity contribution in [1.82, 2.24) is 4.72 Å². The molecule has 1 rings (SSSR count). The predicted molar refractivity (Wildman–Crippen MR) is 72.5 cm³/mol. The number of benzene rings is 1. The topological polar surface area (TPSA) is 107 Å². The second-order valence-electron chi connectivity index (χ2n) is 4.39. The van der Waals surface area contributed by atoms with Crippen molar-refractivity contribution in [2.75, 3.05) is 0 Å². The van der Waals surface area contributed by atoms with Crippen LogP contribution in [0.15, 0.2) is 23.1 Å². The fourth-order valence-corrected chi connectivity index (χ4v) is 3.24. The third kappa shape index (κ3) is 3.79. The van der Waals surface area contributed by atoms with Crippen LogP contribution in [0, 0.1) is 18.3 Å². The zero-order valence-electron chi connectivity index (χ0n) is 11.3. The van der Waals surface area contributed by atoms with Gasteiger partial charge in [-0.05, 0) is 37.1 Å². The lowest BCUT2D eigenvalue weighted by atomic mass is 10.2. The van der Waals surface area contributed by atoms with Gasteiger partial charge in [-0.3, -0.25) is 4.79 Å². The van der Waals surface area contributed by atoms with Gasteiger partial charge < -0.3 is 5.11 Å². The minimum atomic E-state index is -3.92. The number of hydrogen-bond acceptors (Lipinski definition) is 4. The van der Waals surface area contributed by atoms with Crippen molar-refractivity contribution < 1.29 is 18.3 Å². The first-order chi connectivity index (χ1) is 9.31. The molecule has 2 N–H and O–H groups in total. The maximum atomic E-state index is 12.2. The summed E-state index contributed by atoms with van der Waals surface area (Å²) < 4.78 is 26.5. The number of aliphatic carboxylic acids is 1. The summed E-state index contributed by atoms with van der Waals surface area (Å²) in [5.74, 6) is -1.21. The zero-order chi connectivity index (χ0) is 15.3. The number of sulfonamides is 1. The van der Waals surface area contributed by atoms with Gasteiger partial charge in [-0.25, -0.2) is 8.42 Å². The van der Waals surface area contributed by atoms with Crippen LogP contribution in [0.4, 0.5) is 0 Å². The average Bonchev–Trinajstić information content (AvgIpc) is 2.37. The summed E-state index contributed by atoms with van der Waals surface area (Å²) in [5.41, 5.74) is 0.752. The van der Waals surface area contributed by atoms with Gasteiger partial charge in [-0.15, -0.1) is 0 Å². The molecule has 6 nitrogen and oxygen atoms in total. The maximum Gasteiger partial charge on any atom is 0.321 e. The standard InChI is InChI=1S/C13H16N2O4S/c1-3-4-11(13(16)17)15-20(18,19)12-6-5-10(8-14)7-9(12)2/h5-7,11,15H,3-4H2,1-2H3,(H,16,17)/t11-/m0/s1. The number of carboxylic acid groups (broad SMARTS) is 1. The highest BCUT2D eigenvalue weighted by atomic mass is 32.2. The van der Waals surface area contributed by atoms with Gasteiger partial charge in [0.1, 0.15) is 6.04 Å². The SMILES string of the molecule is CCC[C@H](NS(=O)(=O)c1ccc(C#N)cc1C)C(=O)O. The summed E-state index contributed by atoms with van der Waals surface area (Å²) >= 11 is 0. The van der Waals surface area contributed by atoms with Gasteiger partial charge in [-0.2, -0.15) is 9.98 Å². The van der Waals surface area contributed by atoms with Crippen molar-refractivity contribution in [3.63, 3.8) is 0 Å². The maximum absolute atomic E-state index is 12.2. The molecule has 0 aliphatic heterocycles. The summed E-state index contributed by atoms with van der Waals surface area (Å²) in [6, 6.07) is 4.90. The number of aryl methyl sites for hydroxylation is 1. The Labute approximate surface area is 118 Å². The van der Waals surface area contributed by atoms with E-state index < -0.39 is 22.0 Å². The lowest BCUT2D eigenvalue weighted by Crippen LogP contribution is -2.40. The average molecular weight is 296 g/mol. The molecule has 0 bridgehead atoms. The second kappa shape index (κ2) is 6.50. The Morgan fingerprint density at radius 2 is 2.15 bits per heavy atom. The van der Waals surface area contributed by atoms with Crippen LogP contribution >= 0.6 is 0 Å². The molecule has 1 aromatic carbocycles. The molecule has 0 amide bonds. The number of nitriles is 1. The van der Waals surface area contributed by atoms with E-state index in [2.05, 4.69) is 4.72 Å². The van der Waals surface area contributed by atoms with E-state index in [1.807, 2.05) is 6.07 Å². The van der Waals surface area contributed by atoms with E-state index >= 15 is 0 Å². The monoisotopic (exact) mass is 296 g/mol. The molecule has 0 aliphatic rings. The number of hydrogen-bond donors (Lipinski definition) is 2. The van der Waals surface area contributed by atoms with E-state index in [9.17, 15) is 13.2 Å². The summed E-state index contributed by atoms with van der Waals surface area (Å²) in [7, 11) is -3.92. The fourth-order valence-electron chi connectivity index (χ4n) is 1.79. The third-order valence-corrected chi connectivity index (χ3v) is 4.40. The molecular weight excluding hydrogens is 280 g/mol. The first-order valence-corrected chi connectivity index (χ1v) is 7.56. The van der Waals surface area contributed by atoms with Crippen molar-refractivity contribution in [1.29, 1.82) is 5.26 Å². The molecule has 0 aromatic heterocycles. The Kier molecular flexibility index (Phi) is 5.25. The molecule has 0 radical (unpaired) electrons. The summed E-state index contributed by atoms with van der Waals surface area (Å²) in [5, 5.41) is 17.7. The molecule has 7 heteroatoms. The summed E-state index contributed by atoms with van der Waals surface area (Å²) in [4.78, 5) is 11.0. The van der Waals surface area contributed by atoms with Crippen molar-refractivity contribution in [3.8, 4) is 6.07 Å². The molecule has 0 fully saturated rings. The Hall–Kier alpha value is -1.91. The van der Waals surface area contributed by atoms with Crippen molar-refractivity contribution in [2.24, 2.45) is 0 Å². The van der Waals surface area contributed by atoms with E-state index in [0.29, 0.717) is 17.5 Å². The van der Waals surface area contributed by atoms with E-state index in [-0.39, 0.29) is 11.3 Å². The Balaban J connectivity index is 3.11. The number of nitrogens with zero attached hydrogens (tertiary/aromatic N) is 1. The Morgan fingerprint density at radius 3 is 2.60 bits per heavy atom. The molecule has 1 aromatic rings. The normalized spacial score (nSPS) is 12.7. The quantitative estimate of drug-likeness (QED) is 0.825. The molecule has 108 valence electrons. The second-order valence-corrected chi connectivity index (χ2v) is 6.08. The van der Waals surface area contributed by atoms with Crippen LogP contribution in [-0.4, -0.2) is 25.5 Å². The molecule has 0 spiro atoms. The van der Waals surface area contributed by atoms with Gasteiger partial charge in [0.2, 0.25) is 10.0 Å². The minimum Gasteiger partial charge on any atom is -0.480 e. The number of nitrogens with one attached hydrogen (secondary N) is 1. The van der Waals surface area contributed by atoms with Crippen molar-refractivity contribution >= 4 is 16.0 Å². The molecule has 1 atom stereocenters. The molecule has 0 saturated heterocycles. The van der Waals surface area contributed by atoms with Gasteiger partial charge in [0.05, 0.1) is 16.5 Å². The molecular formula is C13H16N2O4S. The van der Waals surface area contributed by atoms with Crippen molar-refractivity contribution in [3.05, 3.63) is 29.3 Å². The van der Waals surface area contributed by atoms with Gasteiger partial charge in [0.25, 0.3) is 0 Å². The smallest absolute Gasteiger partial charge is 0.321 e. The number of rotatable bonds is 6. The number of carbonyl (C=O) groups is 1. The summed E-state index contributed by atoms with van der Waals surface area (Å²) in [6.45, 7) is 3.34. The zero-order valence-corrected chi connectivity index (χ0v) is 12.1. The minimum absolute atomic E-state index is 0.0150. The molecule has 0 saturated carbocycles. The molecule has 0 aliphatic carbocycles. The first-order valence-electron chi connectivity index (χ1n) is 6.07. The Bertz CT molecular complexity index is 647. The first kappa shape index (κ1) is 16.1. The van der Waals surface area contributed by atoms with Gasteiger partial charge in [0, 0.05) is 0 Å². The highest BCUT2D eigenvalue weighted by molar-refractivity contribution is 7.89. The molecule has 20 heavy (non-hydrogen) atoms. The predicted octanol–water partition coefficient (Wildman–Crippen LogP) is 1.40. The molecule has 0 unspecified atom stereocenters. The fraction of sp³-hybridized carbons (Fsp3) is 0.385. The Morgan fingerprint density at radius 1 is 1.50 bits per heavy atom.